The molecule has 4 heteroatoms. The Balaban J connectivity index is 3.89. The molecule has 0 aliphatic heterocycles. The molecule has 0 saturated heterocycles. The fourth-order valence-corrected chi connectivity index (χ4v) is 0.569. The van der Waals surface area contributed by atoms with E-state index in [4.69, 9.17) is 0 Å². The number of nitrogens with one attached hydrogen (secondary N) is 1. The summed E-state index contributed by atoms with van der Waals surface area (Å²) in [5, 5.41) is 2.16. The first-order valence-electron chi connectivity index (χ1n) is 3.27. The number of carbonyl (C=O) groups excluding carboxylic acids is 2. The molecular formula is C7H11NO2S. The van der Waals surface area contributed by atoms with Crippen LogP contribution in [0.15, 0.2) is 11.0 Å². The third kappa shape index (κ3) is 5.66. The minimum Gasteiger partial charge on any atom is -0.293 e. The number of imide groups is 1. The van der Waals surface area contributed by atoms with Gasteiger partial charge in [-0.05, 0) is 11.8 Å². The Morgan fingerprint density at radius 2 is 2.09 bits per heavy atom. The van der Waals surface area contributed by atoms with E-state index in [0.29, 0.717) is 11.3 Å². The number of rotatable bonds is 2. The number of thiol groups is 1. The molecule has 0 heterocycles. The summed E-state index contributed by atoms with van der Waals surface area (Å²) < 4.78 is 0. The smallest absolute Gasteiger partial charge is 0.251 e. The Labute approximate surface area is 71.3 Å². The minimum atomic E-state index is -0.413. The van der Waals surface area contributed by atoms with Crippen molar-refractivity contribution in [2.45, 2.75) is 20.3 Å². The summed E-state index contributed by atoms with van der Waals surface area (Å²) in [6, 6.07) is 0. The normalized spacial score (nSPS) is 11.0. The van der Waals surface area contributed by atoms with Crippen LogP contribution in [0, 0.1) is 0 Å². The molecule has 0 aromatic rings. The maximum absolute atomic E-state index is 10.8. The van der Waals surface area contributed by atoms with Crippen LogP contribution in [-0.4, -0.2) is 11.8 Å². The van der Waals surface area contributed by atoms with E-state index >= 15 is 0 Å². The van der Waals surface area contributed by atoms with E-state index in [1.54, 1.807) is 13.8 Å². The number of hydrogen-bond acceptors (Lipinski definition) is 3. The average Bonchev–Trinajstić information content (AvgIpc) is 1.85. The second-order valence-corrected chi connectivity index (χ2v) is 2.76. The lowest BCUT2D eigenvalue weighted by Crippen LogP contribution is -2.27. The van der Waals surface area contributed by atoms with Gasteiger partial charge in [-0.1, -0.05) is 6.92 Å². The molecule has 0 radical (unpaired) electrons. The van der Waals surface area contributed by atoms with Crippen LogP contribution < -0.4 is 5.32 Å². The molecule has 0 atom stereocenters. The second-order valence-electron chi connectivity index (χ2n) is 2.05. The SMILES string of the molecule is CCC(=O)NC(=O)C=C(C)S. The molecule has 0 aliphatic carbocycles. The lowest BCUT2D eigenvalue weighted by Gasteiger charge is -1.96. The second kappa shape index (κ2) is 4.96. The van der Waals surface area contributed by atoms with Crippen LogP contribution >= 0.6 is 12.6 Å². The molecule has 0 aromatic heterocycles. The van der Waals surface area contributed by atoms with Crippen LogP contribution in [0.25, 0.3) is 0 Å². The van der Waals surface area contributed by atoms with Crippen LogP contribution in [0.1, 0.15) is 20.3 Å². The quantitative estimate of drug-likeness (QED) is 0.481. The highest BCUT2D eigenvalue weighted by molar-refractivity contribution is 7.84. The standard InChI is InChI=1S/C7H11NO2S/c1-3-6(9)8-7(10)4-5(2)11/h4,11H,3H2,1-2H3,(H,8,9,10). The lowest BCUT2D eigenvalue weighted by molar-refractivity contribution is -0.127. The number of allylic oxidation sites excluding steroid dienone is 1. The Kier molecular flexibility index (Phi) is 4.61. The van der Waals surface area contributed by atoms with E-state index in [1.165, 1.54) is 6.08 Å². The van der Waals surface area contributed by atoms with Gasteiger partial charge in [-0.25, -0.2) is 0 Å². The fraction of sp³-hybridized carbons (Fsp3) is 0.429. The van der Waals surface area contributed by atoms with Crippen LogP contribution in [0.5, 0.6) is 0 Å². The van der Waals surface area contributed by atoms with Gasteiger partial charge in [0.2, 0.25) is 5.91 Å². The van der Waals surface area contributed by atoms with Gasteiger partial charge in [-0.15, -0.1) is 12.6 Å². The van der Waals surface area contributed by atoms with E-state index in [2.05, 4.69) is 17.9 Å². The molecule has 0 aliphatic rings. The van der Waals surface area contributed by atoms with Crippen molar-refractivity contribution in [1.29, 1.82) is 0 Å². The fourth-order valence-electron chi connectivity index (χ4n) is 0.452. The van der Waals surface area contributed by atoms with E-state index < -0.39 is 5.91 Å². The number of amides is 2. The minimum absolute atomic E-state index is 0.277. The van der Waals surface area contributed by atoms with Crippen molar-refractivity contribution in [2.24, 2.45) is 0 Å². The molecule has 62 valence electrons. The first-order valence-corrected chi connectivity index (χ1v) is 3.72. The van der Waals surface area contributed by atoms with Crippen molar-refractivity contribution in [3.8, 4) is 0 Å². The van der Waals surface area contributed by atoms with Crippen LogP contribution in [0.4, 0.5) is 0 Å². The molecule has 2 amide bonds. The summed E-state index contributed by atoms with van der Waals surface area (Å²) in [6.45, 7) is 3.35. The van der Waals surface area contributed by atoms with Gasteiger partial charge in [0.15, 0.2) is 0 Å². The highest BCUT2D eigenvalue weighted by Crippen LogP contribution is 1.95. The van der Waals surface area contributed by atoms with Crippen molar-refractivity contribution < 1.29 is 9.59 Å². The summed E-state index contributed by atoms with van der Waals surface area (Å²) in [7, 11) is 0. The van der Waals surface area contributed by atoms with Crippen molar-refractivity contribution in [3.63, 3.8) is 0 Å². The molecule has 3 nitrogen and oxygen atoms in total. The predicted octanol–water partition coefficient (Wildman–Crippen LogP) is 0.873. The van der Waals surface area contributed by atoms with Gasteiger partial charge in [-0.2, -0.15) is 0 Å². The third-order valence-corrected chi connectivity index (χ3v) is 1.05. The first-order chi connectivity index (χ1) is 5.06. The number of carbonyl (C=O) groups is 2. The van der Waals surface area contributed by atoms with Gasteiger partial charge in [0.1, 0.15) is 0 Å². The molecule has 0 aromatic carbocycles. The zero-order chi connectivity index (χ0) is 8.85. The van der Waals surface area contributed by atoms with Crippen molar-refractivity contribution in [2.75, 3.05) is 0 Å². The van der Waals surface area contributed by atoms with Gasteiger partial charge >= 0.3 is 0 Å². The molecule has 11 heavy (non-hydrogen) atoms. The maximum atomic E-state index is 10.8. The van der Waals surface area contributed by atoms with Crippen LogP contribution in [0.3, 0.4) is 0 Å². The average molecular weight is 173 g/mol. The topological polar surface area (TPSA) is 46.2 Å². The zero-order valence-electron chi connectivity index (χ0n) is 6.55. The van der Waals surface area contributed by atoms with Gasteiger partial charge in [0.05, 0.1) is 0 Å². The van der Waals surface area contributed by atoms with Gasteiger partial charge < -0.3 is 0 Å². The van der Waals surface area contributed by atoms with E-state index in [9.17, 15) is 9.59 Å². The summed E-state index contributed by atoms with van der Waals surface area (Å²) in [5.74, 6) is -0.690. The molecule has 0 bridgehead atoms. The van der Waals surface area contributed by atoms with Crippen molar-refractivity contribution >= 4 is 24.4 Å². The van der Waals surface area contributed by atoms with E-state index in [0.717, 1.165) is 0 Å². The molecule has 0 fully saturated rings. The van der Waals surface area contributed by atoms with Crippen molar-refractivity contribution in [3.05, 3.63) is 11.0 Å². The first kappa shape index (κ1) is 10.2. The number of hydrogen-bond donors (Lipinski definition) is 2. The van der Waals surface area contributed by atoms with Gasteiger partial charge in [0, 0.05) is 12.5 Å². The maximum Gasteiger partial charge on any atom is 0.251 e. The summed E-state index contributed by atoms with van der Waals surface area (Å²) >= 11 is 3.88. The zero-order valence-corrected chi connectivity index (χ0v) is 7.44. The largest absolute Gasteiger partial charge is 0.293 e. The lowest BCUT2D eigenvalue weighted by atomic mass is 10.4. The molecule has 0 spiro atoms. The van der Waals surface area contributed by atoms with E-state index in [-0.39, 0.29) is 5.91 Å². The Morgan fingerprint density at radius 1 is 1.55 bits per heavy atom. The Hall–Kier alpha value is -0.770. The van der Waals surface area contributed by atoms with Crippen LogP contribution in [0.2, 0.25) is 0 Å². The Morgan fingerprint density at radius 3 is 2.45 bits per heavy atom. The summed E-state index contributed by atoms with van der Waals surface area (Å²) in [4.78, 5) is 22.0. The molecule has 0 unspecified atom stereocenters. The highest BCUT2D eigenvalue weighted by atomic mass is 32.1. The predicted molar refractivity (Wildman–Crippen MR) is 46.2 cm³/mol. The summed E-state index contributed by atoms with van der Waals surface area (Å²) in [6.07, 6.45) is 1.57. The monoisotopic (exact) mass is 173 g/mol. The molecule has 1 N–H and O–H groups in total. The van der Waals surface area contributed by atoms with Crippen molar-refractivity contribution in [1.82, 2.24) is 5.32 Å². The molecule has 0 saturated carbocycles. The summed E-state index contributed by atoms with van der Waals surface area (Å²) in [5.41, 5.74) is 0. The van der Waals surface area contributed by atoms with Gasteiger partial charge in [-0.3, -0.25) is 14.9 Å². The van der Waals surface area contributed by atoms with E-state index in [1.807, 2.05) is 0 Å². The third-order valence-electron chi connectivity index (χ3n) is 0.924. The molecular weight excluding hydrogens is 162 g/mol. The molecule has 0 rings (SSSR count). The van der Waals surface area contributed by atoms with Crippen LogP contribution in [-0.2, 0) is 9.59 Å². The Bertz CT molecular complexity index is 195. The highest BCUT2D eigenvalue weighted by Gasteiger charge is 2.00. The van der Waals surface area contributed by atoms with Gasteiger partial charge in [0.25, 0.3) is 5.91 Å².